The second-order valence-electron chi connectivity index (χ2n) is 5.00. The van der Waals surface area contributed by atoms with Gasteiger partial charge in [0.15, 0.2) is 0 Å². The van der Waals surface area contributed by atoms with Crippen LogP contribution < -0.4 is 0 Å². The highest BCUT2D eigenvalue weighted by molar-refractivity contribution is 5.94. The molecule has 0 unspecified atom stereocenters. The first-order valence-electron chi connectivity index (χ1n) is 6.44. The number of hydrogen-bond acceptors (Lipinski definition) is 3. The summed E-state index contributed by atoms with van der Waals surface area (Å²) in [5, 5.41) is 13.1. The van der Waals surface area contributed by atoms with Gasteiger partial charge in [-0.25, -0.2) is 0 Å². The molecule has 0 atom stereocenters. The molecule has 1 aromatic rings. The monoisotopic (exact) mass is 279 g/mol. The van der Waals surface area contributed by atoms with E-state index in [0.29, 0.717) is 0 Å². The summed E-state index contributed by atoms with van der Waals surface area (Å²) >= 11 is 0. The Kier molecular flexibility index (Phi) is 5.07. The average molecular weight is 279 g/mol. The van der Waals surface area contributed by atoms with Crippen molar-refractivity contribution in [1.29, 1.82) is 0 Å². The van der Waals surface area contributed by atoms with Crippen LogP contribution in [0.3, 0.4) is 0 Å². The lowest BCUT2D eigenvalue weighted by Gasteiger charge is -2.23. The SMILES string of the molecule is Cc1nn(C)c(C)c1/C=C/C(=O)N(CC(=O)O)C(C)C. The maximum atomic E-state index is 12.1. The van der Waals surface area contributed by atoms with E-state index in [4.69, 9.17) is 5.11 Å². The molecule has 0 aliphatic carbocycles. The first-order chi connectivity index (χ1) is 9.23. The molecule has 6 heteroatoms. The number of carbonyl (C=O) groups excluding carboxylic acids is 1. The van der Waals surface area contributed by atoms with Gasteiger partial charge < -0.3 is 10.0 Å². The van der Waals surface area contributed by atoms with E-state index in [9.17, 15) is 9.59 Å². The zero-order chi connectivity index (χ0) is 15.4. The number of amides is 1. The summed E-state index contributed by atoms with van der Waals surface area (Å²) in [5.74, 6) is -1.33. The molecule has 0 aliphatic heterocycles. The Balaban J connectivity index is 2.92. The van der Waals surface area contributed by atoms with Gasteiger partial charge in [0.2, 0.25) is 5.91 Å². The lowest BCUT2D eigenvalue weighted by Crippen LogP contribution is -2.39. The Morgan fingerprint density at radius 3 is 2.40 bits per heavy atom. The molecule has 0 aliphatic rings. The molecule has 20 heavy (non-hydrogen) atoms. The molecule has 1 amide bonds. The van der Waals surface area contributed by atoms with E-state index < -0.39 is 5.97 Å². The van der Waals surface area contributed by atoms with Crippen LogP contribution in [-0.4, -0.2) is 44.3 Å². The molecule has 0 spiro atoms. The van der Waals surface area contributed by atoms with Crippen LogP contribution in [-0.2, 0) is 16.6 Å². The molecule has 1 heterocycles. The van der Waals surface area contributed by atoms with Crippen molar-refractivity contribution in [3.8, 4) is 0 Å². The van der Waals surface area contributed by atoms with Crippen molar-refractivity contribution in [2.24, 2.45) is 7.05 Å². The maximum Gasteiger partial charge on any atom is 0.323 e. The molecule has 0 aromatic carbocycles. The Labute approximate surface area is 118 Å². The van der Waals surface area contributed by atoms with Gasteiger partial charge in [-0.05, 0) is 33.8 Å². The fraction of sp³-hybridized carbons (Fsp3) is 0.500. The summed E-state index contributed by atoms with van der Waals surface area (Å²) in [6.07, 6.45) is 3.09. The average Bonchev–Trinajstić information content (AvgIpc) is 2.57. The highest BCUT2D eigenvalue weighted by Gasteiger charge is 2.17. The highest BCUT2D eigenvalue weighted by atomic mass is 16.4. The molecule has 6 nitrogen and oxygen atoms in total. The molecular weight excluding hydrogens is 258 g/mol. The van der Waals surface area contributed by atoms with E-state index in [1.807, 2.05) is 20.9 Å². The normalized spacial score (nSPS) is 11.3. The van der Waals surface area contributed by atoms with Crippen molar-refractivity contribution < 1.29 is 14.7 Å². The van der Waals surface area contributed by atoms with Gasteiger partial charge in [0.25, 0.3) is 0 Å². The van der Waals surface area contributed by atoms with E-state index in [-0.39, 0.29) is 18.5 Å². The minimum atomic E-state index is -1.02. The fourth-order valence-electron chi connectivity index (χ4n) is 1.94. The van der Waals surface area contributed by atoms with Crippen molar-refractivity contribution in [2.75, 3.05) is 6.54 Å². The van der Waals surface area contributed by atoms with Crippen molar-refractivity contribution in [3.63, 3.8) is 0 Å². The summed E-state index contributed by atoms with van der Waals surface area (Å²) in [5.41, 5.74) is 2.68. The minimum Gasteiger partial charge on any atom is -0.480 e. The highest BCUT2D eigenvalue weighted by Crippen LogP contribution is 2.14. The van der Waals surface area contributed by atoms with Gasteiger partial charge in [0, 0.05) is 30.4 Å². The van der Waals surface area contributed by atoms with Gasteiger partial charge in [-0.15, -0.1) is 0 Å². The summed E-state index contributed by atoms with van der Waals surface area (Å²) < 4.78 is 1.75. The lowest BCUT2D eigenvalue weighted by atomic mass is 10.2. The van der Waals surface area contributed by atoms with Gasteiger partial charge in [-0.1, -0.05) is 0 Å². The Morgan fingerprint density at radius 1 is 1.40 bits per heavy atom. The van der Waals surface area contributed by atoms with Gasteiger partial charge in [0.05, 0.1) is 5.69 Å². The standard InChI is InChI=1S/C14H21N3O3/c1-9(2)17(8-14(19)20)13(18)7-6-12-10(3)15-16(5)11(12)4/h6-7,9H,8H2,1-5H3,(H,19,20)/b7-6+. The number of hydrogen-bond donors (Lipinski definition) is 1. The Hall–Kier alpha value is -2.11. The first kappa shape index (κ1) is 15.9. The topological polar surface area (TPSA) is 75.4 Å². The minimum absolute atomic E-state index is 0.167. The van der Waals surface area contributed by atoms with Crippen molar-refractivity contribution in [3.05, 3.63) is 23.0 Å². The first-order valence-corrected chi connectivity index (χ1v) is 6.44. The lowest BCUT2D eigenvalue weighted by molar-refractivity contribution is -0.143. The predicted octanol–water partition coefficient (Wildman–Crippen LogP) is 1.37. The van der Waals surface area contributed by atoms with Crippen LogP contribution in [0.15, 0.2) is 6.08 Å². The second-order valence-corrected chi connectivity index (χ2v) is 5.00. The van der Waals surface area contributed by atoms with Crippen LogP contribution in [0.4, 0.5) is 0 Å². The van der Waals surface area contributed by atoms with Gasteiger partial charge in [-0.2, -0.15) is 5.10 Å². The number of aliphatic carboxylic acids is 1. The summed E-state index contributed by atoms with van der Waals surface area (Å²) in [6.45, 7) is 7.06. The van der Waals surface area contributed by atoms with Crippen LogP contribution in [0, 0.1) is 13.8 Å². The molecule has 0 saturated carbocycles. The van der Waals surface area contributed by atoms with Gasteiger partial charge in [0.1, 0.15) is 6.54 Å². The largest absolute Gasteiger partial charge is 0.480 e. The number of rotatable bonds is 5. The van der Waals surface area contributed by atoms with E-state index >= 15 is 0 Å². The van der Waals surface area contributed by atoms with Crippen LogP contribution >= 0.6 is 0 Å². The fourth-order valence-corrected chi connectivity index (χ4v) is 1.94. The molecule has 1 rings (SSSR count). The van der Waals surface area contributed by atoms with Crippen molar-refractivity contribution in [2.45, 2.75) is 33.7 Å². The number of aryl methyl sites for hydroxylation is 2. The molecule has 1 N–H and O–H groups in total. The van der Waals surface area contributed by atoms with E-state index in [0.717, 1.165) is 17.0 Å². The molecule has 0 bridgehead atoms. The molecule has 110 valence electrons. The number of nitrogens with zero attached hydrogens (tertiary/aromatic N) is 3. The Bertz CT molecular complexity index is 544. The number of carboxylic acid groups (broad SMARTS) is 1. The summed E-state index contributed by atoms with van der Waals surface area (Å²) in [6, 6.07) is -0.167. The zero-order valence-electron chi connectivity index (χ0n) is 12.5. The third kappa shape index (κ3) is 3.69. The number of aromatic nitrogens is 2. The van der Waals surface area contributed by atoms with Crippen molar-refractivity contribution >= 4 is 18.0 Å². The van der Waals surface area contributed by atoms with Crippen LogP contribution in [0.5, 0.6) is 0 Å². The predicted molar refractivity (Wildman–Crippen MR) is 76.2 cm³/mol. The maximum absolute atomic E-state index is 12.1. The van der Waals surface area contributed by atoms with E-state index in [1.54, 1.807) is 24.6 Å². The number of carboxylic acids is 1. The van der Waals surface area contributed by atoms with E-state index in [1.165, 1.54) is 11.0 Å². The van der Waals surface area contributed by atoms with Crippen molar-refractivity contribution in [1.82, 2.24) is 14.7 Å². The molecule has 0 radical (unpaired) electrons. The Morgan fingerprint density at radius 2 is 2.00 bits per heavy atom. The molecule has 1 aromatic heterocycles. The third-order valence-electron chi connectivity index (χ3n) is 3.17. The zero-order valence-corrected chi connectivity index (χ0v) is 12.5. The quantitative estimate of drug-likeness (QED) is 0.826. The third-order valence-corrected chi connectivity index (χ3v) is 3.17. The number of carbonyl (C=O) groups is 2. The van der Waals surface area contributed by atoms with Gasteiger partial charge >= 0.3 is 5.97 Å². The van der Waals surface area contributed by atoms with Crippen LogP contribution in [0.2, 0.25) is 0 Å². The molecule has 0 fully saturated rings. The molecular formula is C14H21N3O3. The summed E-state index contributed by atoms with van der Waals surface area (Å²) in [7, 11) is 1.84. The smallest absolute Gasteiger partial charge is 0.323 e. The van der Waals surface area contributed by atoms with Crippen LogP contribution in [0.25, 0.3) is 6.08 Å². The molecule has 0 saturated heterocycles. The van der Waals surface area contributed by atoms with Crippen LogP contribution in [0.1, 0.15) is 30.8 Å². The van der Waals surface area contributed by atoms with E-state index in [2.05, 4.69) is 5.10 Å². The second kappa shape index (κ2) is 6.36. The van der Waals surface area contributed by atoms with Gasteiger partial charge in [-0.3, -0.25) is 14.3 Å². The summed E-state index contributed by atoms with van der Waals surface area (Å²) in [4.78, 5) is 24.2.